The van der Waals surface area contributed by atoms with E-state index in [0.29, 0.717) is 12.0 Å². The number of hydrogen-bond donors (Lipinski definition) is 1. The van der Waals surface area contributed by atoms with Crippen LogP contribution in [-0.2, 0) is 0 Å². The quantitative estimate of drug-likeness (QED) is 0.902. The predicted molar refractivity (Wildman–Crippen MR) is 95.0 cm³/mol. The van der Waals surface area contributed by atoms with Crippen LogP contribution in [-0.4, -0.2) is 17.2 Å². The largest absolute Gasteiger partial charge is 0.302 e. The molecule has 2 aromatic rings. The Kier molecular flexibility index (Phi) is 3.73. The molecule has 110 valence electrons. The Bertz CT molecular complexity index is 707. The first-order valence-electron chi connectivity index (χ1n) is 7.63. The number of rotatable bonds is 2. The molecule has 2 aliphatic heterocycles. The van der Waals surface area contributed by atoms with Crippen molar-refractivity contribution < 1.29 is 0 Å². The first-order valence-corrected chi connectivity index (χ1v) is 8.79. The third-order valence-corrected chi connectivity index (χ3v) is 5.37. The average molecular weight is 306 g/mol. The minimum atomic E-state index is 0.308. The van der Waals surface area contributed by atoms with Crippen molar-refractivity contribution in [2.24, 2.45) is 11.0 Å². The molecule has 22 heavy (non-hydrogen) atoms. The maximum absolute atomic E-state index is 4.68. The summed E-state index contributed by atoms with van der Waals surface area (Å²) < 4.78 is 0. The van der Waals surface area contributed by atoms with E-state index < -0.39 is 0 Å². The summed E-state index contributed by atoms with van der Waals surface area (Å²) in [5.74, 6) is 2.65. The van der Waals surface area contributed by atoms with Crippen molar-refractivity contribution in [3.63, 3.8) is 0 Å². The highest BCUT2D eigenvalue weighted by Gasteiger charge is 2.36. The van der Waals surface area contributed by atoms with Crippen molar-refractivity contribution in [2.75, 3.05) is 11.5 Å². The number of nitrogens with one attached hydrogen (secondary N) is 1. The van der Waals surface area contributed by atoms with Crippen LogP contribution in [0.4, 0.5) is 0 Å². The van der Waals surface area contributed by atoms with Gasteiger partial charge in [0.1, 0.15) is 0 Å². The summed E-state index contributed by atoms with van der Waals surface area (Å²) in [7, 11) is 0. The minimum absolute atomic E-state index is 0.308. The maximum atomic E-state index is 4.68. The molecule has 0 aromatic heterocycles. The van der Waals surface area contributed by atoms with Gasteiger partial charge in [0.05, 0.1) is 11.8 Å². The Morgan fingerprint density at radius 1 is 1.00 bits per heavy atom. The lowest BCUT2D eigenvalue weighted by Crippen LogP contribution is -2.28. The monoisotopic (exact) mass is 306 g/mol. The Morgan fingerprint density at radius 3 is 2.50 bits per heavy atom. The predicted octanol–water partition coefficient (Wildman–Crippen LogP) is 4.13. The second-order valence-corrected chi connectivity index (χ2v) is 6.75. The number of thioether (sulfide) groups is 1. The molecule has 4 rings (SSSR count). The van der Waals surface area contributed by atoms with Crippen LogP contribution in [0.3, 0.4) is 0 Å². The fourth-order valence-corrected chi connectivity index (χ4v) is 4.33. The normalized spacial score (nSPS) is 25.5. The second-order valence-electron chi connectivity index (χ2n) is 5.72. The molecule has 1 saturated heterocycles. The molecule has 2 unspecified atom stereocenters. The summed E-state index contributed by atoms with van der Waals surface area (Å²) in [6.45, 7) is 0. The molecule has 0 spiro atoms. The van der Waals surface area contributed by atoms with Gasteiger partial charge in [0.15, 0.2) is 0 Å². The van der Waals surface area contributed by atoms with Gasteiger partial charge in [-0.15, -0.1) is 0 Å². The molecule has 1 N–H and O–H groups in total. The van der Waals surface area contributed by atoms with Crippen molar-refractivity contribution in [3.8, 4) is 0 Å². The number of nitrogens with zero attached hydrogens (tertiary/aromatic N) is 1. The maximum Gasteiger partial charge on any atom is 0.0781 e. The fourth-order valence-electron chi connectivity index (χ4n) is 3.16. The molecule has 3 heteroatoms. The van der Waals surface area contributed by atoms with Gasteiger partial charge < -0.3 is 5.43 Å². The van der Waals surface area contributed by atoms with Crippen LogP contribution in [0.1, 0.15) is 17.2 Å². The van der Waals surface area contributed by atoms with E-state index in [4.69, 9.17) is 0 Å². The average Bonchev–Trinajstić information content (AvgIpc) is 3.02. The van der Waals surface area contributed by atoms with E-state index in [0.717, 1.165) is 11.5 Å². The zero-order chi connectivity index (χ0) is 14.8. The highest BCUT2D eigenvalue weighted by Crippen LogP contribution is 2.37. The molecule has 2 nitrogen and oxygen atoms in total. The van der Waals surface area contributed by atoms with E-state index in [-0.39, 0.29) is 0 Å². The van der Waals surface area contributed by atoms with Crippen molar-refractivity contribution in [1.82, 2.24) is 5.43 Å². The van der Waals surface area contributed by atoms with Crippen LogP contribution in [0, 0.1) is 5.92 Å². The van der Waals surface area contributed by atoms with Gasteiger partial charge in [-0.05, 0) is 22.8 Å². The summed E-state index contributed by atoms with van der Waals surface area (Å²) >= 11 is 2.01. The molecule has 2 atom stereocenters. The fraction of sp³-hybridized carbons (Fsp3) is 0.211. The van der Waals surface area contributed by atoms with E-state index in [1.165, 1.54) is 22.4 Å². The number of fused-ring (bicyclic) bond motifs is 1. The topological polar surface area (TPSA) is 24.4 Å². The van der Waals surface area contributed by atoms with Crippen molar-refractivity contribution in [2.45, 2.75) is 6.04 Å². The van der Waals surface area contributed by atoms with E-state index in [1.54, 1.807) is 0 Å². The third kappa shape index (κ3) is 2.57. The van der Waals surface area contributed by atoms with Crippen LogP contribution in [0.15, 0.2) is 71.3 Å². The number of hydrogen-bond acceptors (Lipinski definition) is 3. The zero-order valence-corrected chi connectivity index (χ0v) is 13.1. The summed E-state index contributed by atoms with van der Waals surface area (Å²) in [6.07, 6.45) is 2.28. The van der Waals surface area contributed by atoms with Crippen LogP contribution in [0.5, 0.6) is 0 Å². The van der Waals surface area contributed by atoms with Crippen LogP contribution < -0.4 is 5.43 Å². The lowest BCUT2D eigenvalue weighted by molar-refractivity contribution is 0.529. The molecule has 1 fully saturated rings. The first kappa shape index (κ1) is 13.6. The lowest BCUT2D eigenvalue weighted by Gasteiger charge is -2.26. The standard InChI is InChI=1S/C19H18N2S/c1-3-7-14(8-4-1)11-16-12-22-13-17-18(20-21-19(16)17)15-9-5-2-6-10-15/h1-11,17-18,20H,12-13H2/b16-11+. The van der Waals surface area contributed by atoms with E-state index in [9.17, 15) is 0 Å². The van der Waals surface area contributed by atoms with Gasteiger partial charge in [-0.25, -0.2) is 0 Å². The van der Waals surface area contributed by atoms with Gasteiger partial charge in [-0.1, -0.05) is 60.7 Å². The molecule has 2 heterocycles. The molecule has 2 aromatic carbocycles. The summed E-state index contributed by atoms with van der Waals surface area (Å²) in [5.41, 5.74) is 8.55. The summed E-state index contributed by atoms with van der Waals surface area (Å²) in [6, 6.07) is 21.5. The molecule has 2 aliphatic rings. The molecule has 0 bridgehead atoms. The van der Waals surface area contributed by atoms with Gasteiger partial charge in [-0.2, -0.15) is 16.9 Å². The number of benzene rings is 2. The Labute approximate surface area is 135 Å². The van der Waals surface area contributed by atoms with Crippen LogP contribution in [0.25, 0.3) is 6.08 Å². The Morgan fingerprint density at radius 2 is 1.73 bits per heavy atom. The summed E-state index contributed by atoms with van der Waals surface area (Å²) in [5, 5.41) is 4.68. The number of hydrazone groups is 1. The first-order chi connectivity index (χ1) is 10.9. The van der Waals surface area contributed by atoms with Gasteiger partial charge in [-0.3, -0.25) is 0 Å². The van der Waals surface area contributed by atoms with Crippen molar-refractivity contribution in [3.05, 3.63) is 77.4 Å². The van der Waals surface area contributed by atoms with Crippen molar-refractivity contribution >= 4 is 23.5 Å². The van der Waals surface area contributed by atoms with E-state index in [1.807, 2.05) is 11.8 Å². The molecule has 0 radical (unpaired) electrons. The van der Waals surface area contributed by atoms with Crippen molar-refractivity contribution in [1.29, 1.82) is 0 Å². The third-order valence-electron chi connectivity index (χ3n) is 4.26. The Balaban J connectivity index is 1.63. The van der Waals surface area contributed by atoms with Gasteiger partial charge in [0.2, 0.25) is 0 Å². The van der Waals surface area contributed by atoms with E-state index >= 15 is 0 Å². The van der Waals surface area contributed by atoms with Gasteiger partial charge >= 0.3 is 0 Å². The van der Waals surface area contributed by atoms with Gasteiger partial charge in [0.25, 0.3) is 0 Å². The molecule has 0 saturated carbocycles. The second kappa shape index (κ2) is 6.01. The summed E-state index contributed by atoms with van der Waals surface area (Å²) in [4.78, 5) is 0. The van der Waals surface area contributed by atoms with E-state index in [2.05, 4.69) is 77.3 Å². The minimum Gasteiger partial charge on any atom is -0.302 e. The smallest absolute Gasteiger partial charge is 0.0781 e. The molecule has 0 amide bonds. The SMILES string of the molecule is C(=C1/CSCC2C1=NNC2c1ccccc1)/c1ccccc1. The van der Waals surface area contributed by atoms with Crippen LogP contribution in [0.2, 0.25) is 0 Å². The highest BCUT2D eigenvalue weighted by molar-refractivity contribution is 7.99. The molecular weight excluding hydrogens is 288 g/mol. The Hall–Kier alpha value is -2.00. The highest BCUT2D eigenvalue weighted by atomic mass is 32.2. The molecular formula is C19H18N2S. The van der Waals surface area contributed by atoms with Crippen LogP contribution >= 0.6 is 11.8 Å². The zero-order valence-electron chi connectivity index (χ0n) is 12.3. The lowest BCUT2D eigenvalue weighted by atomic mass is 9.88. The molecule has 0 aliphatic carbocycles. The van der Waals surface area contributed by atoms with Gasteiger partial charge in [0, 0.05) is 17.4 Å².